The summed E-state index contributed by atoms with van der Waals surface area (Å²) in [6.07, 6.45) is 4.26. The summed E-state index contributed by atoms with van der Waals surface area (Å²) in [6, 6.07) is 8.05. The summed E-state index contributed by atoms with van der Waals surface area (Å²) in [6.45, 7) is 3.56. The Bertz CT molecular complexity index is 442. The van der Waals surface area contributed by atoms with Gasteiger partial charge in [-0.1, -0.05) is 19.1 Å². The molecule has 5 nitrogen and oxygen atoms in total. The van der Waals surface area contributed by atoms with Crippen LogP contribution < -0.4 is 10.2 Å². The second kappa shape index (κ2) is 5.89. The van der Waals surface area contributed by atoms with E-state index in [1.54, 1.807) is 17.3 Å². The third kappa shape index (κ3) is 3.48. The van der Waals surface area contributed by atoms with Gasteiger partial charge < -0.3 is 10.2 Å². The quantitative estimate of drug-likeness (QED) is 0.825. The number of ether oxygens (including phenoxy) is 1. The fourth-order valence-corrected chi connectivity index (χ4v) is 1.43. The second-order valence-corrected chi connectivity index (χ2v) is 3.70. The van der Waals surface area contributed by atoms with Crippen LogP contribution in [0.3, 0.4) is 0 Å². The highest BCUT2D eigenvalue weighted by Gasteiger charge is 1.97. The number of benzene rings is 1. The maximum absolute atomic E-state index is 5.57. The third-order valence-electron chi connectivity index (χ3n) is 2.26. The van der Waals surface area contributed by atoms with Gasteiger partial charge in [0.25, 0.3) is 0 Å². The lowest BCUT2D eigenvalue weighted by Crippen LogP contribution is -2.12. The molecule has 0 aliphatic rings. The molecule has 1 aromatic carbocycles. The molecule has 1 aromatic heterocycles. The summed E-state index contributed by atoms with van der Waals surface area (Å²) in [7, 11) is 0. The first kappa shape index (κ1) is 11.4. The maximum Gasteiger partial charge on any atom is 0.138 e. The van der Waals surface area contributed by atoms with Gasteiger partial charge in [0.1, 0.15) is 18.4 Å². The molecule has 2 aromatic rings. The number of hydrogen-bond acceptors (Lipinski definition) is 4. The van der Waals surface area contributed by atoms with Gasteiger partial charge in [-0.2, -0.15) is 0 Å². The standard InChI is InChI=1S/C12H16N4O/c1-2-6-17-12-5-3-4-11(7-12)8-15-16-9-13-14-10-16/h3-5,7,9-10,15H,2,6,8H2,1H3. The Kier molecular flexibility index (Phi) is 3.96. The predicted octanol–water partition coefficient (Wildman–Crippen LogP) is 1.81. The average molecular weight is 232 g/mol. The average Bonchev–Trinajstić information content (AvgIpc) is 2.87. The predicted molar refractivity (Wildman–Crippen MR) is 65.3 cm³/mol. The minimum Gasteiger partial charge on any atom is -0.494 e. The molecule has 0 unspecified atom stereocenters. The van der Waals surface area contributed by atoms with Crippen LogP contribution in [0, 0.1) is 0 Å². The van der Waals surface area contributed by atoms with Gasteiger partial charge in [-0.05, 0) is 24.1 Å². The zero-order chi connectivity index (χ0) is 11.9. The molecule has 0 bridgehead atoms. The SMILES string of the molecule is CCCOc1cccc(CNn2cnnc2)c1. The molecule has 17 heavy (non-hydrogen) atoms. The first-order valence-corrected chi connectivity index (χ1v) is 5.68. The van der Waals surface area contributed by atoms with Gasteiger partial charge in [0, 0.05) is 0 Å². The zero-order valence-corrected chi connectivity index (χ0v) is 9.84. The fourth-order valence-electron chi connectivity index (χ4n) is 1.43. The van der Waals surface area contributed by atoms with Gasteiger partial charge in [0.05, 0.1) is 13.2 Å². The van der Waals surface area contributed by atoms with Crippen molar-refractivity contribution in [3.05, 3.63) is 42.5 Å². The van der Waals surface area contributed by atoms with Gasteiger partial charge >= 0.3 is 0 Å². The highest BCUT2D eigenvalue weighted by molar-refractivity contribution is 5.29. The Hall–Kier alpha value is -2.04. The largest absolute Gasteiger partial charge is 0.494 e. The van der Waals surface area contributed by atoms with E-state index in [0.29, 0.717) is 6.54 Å². The Morgan fingerprint density at radius 2 is 2.12 bits per heavy atom. The normalized spacial score (nSPS) is 10.2. The van der Waals surface area contributed by atoms with E-state index in [1.165, 1.54) is 0 Å². The van der Waals surface area contributed by atoms with Crippen molar-refractivity contribution in [2.45, 2.75) is 19.9 Å². The molecule has 2 rings (SSSR count). The molecule has 0 amide bonds. The Morgan fingerprint density at radius 3 is 2.88 bits per heavy atom. The van der Waals surface area contributed by atoms with E-state index >= 15 is 0 Å². The third-order valence-corrected chi connectivity index (χ3v) is 2.26. The van der Waals surface area contributed by atoms with Crippen LogP contribution in [0.25, 0.3) is 0 Å². The van der Waals surface area contributed by atoms with Gasteiger partial charge in [-0.15, -0.1) is 10.2 Å². The molecule has 0 fully saturated rings. The van der Waals surface area contributed by atoms with Gasteiger partial charge in [0.2, 0.25) is 0 Å². The van der Waals surface area contributed by atoms with Crippen molar-refractivity contribution < 1.29 is 4.74 Å². The molecule has 0 atom stereocenters. The maximum atomic E-state index is 5.57. The van der Waals surface area contributed by atoms with Crippen LogP contribution in [0.4, 0.5) is 0 Å². The number of aromatic nitrogens is 3. The summed E-state index contributed by atoms with van der Waals surface area (Å²) in [5.41, 5.74) is 4.32. The van der Waals surface area contributed by atoms with Crippen LogP contribution in [0.2, 0.25) is 0 Å². The smallest absolute Gasteiger partial charge is 0.138 e. The Labute approximate surface area is 100 Å². The van der Waals surface area contributed by atoms with Crippen molar-refractivity contribution in [2.75, 3.05) is 12.0 Å². The number of nitrogens with one attached hydrogen (secondary N) is 1. The monoisotopic (exact) mass is 232 g/mol. The van der Waals surface area contributed by atoms with E-state index in [4.69, 9.17) is 4.74 Å². The number of rotatable bonds is 6. The lowest BCUT2D eigenvalue weighted by Gasteiger charge is -2.08. The van der Waals surface area contributed by atoms with Crippen molar-refractivity contribution >= 4 is 0 Å². The molecule has 0 radical (unpaired) electrons. The molecular weight excluding hydrogens is 216 g/mol. The van der Waals surface area contributed by atoms with E-state index in [9.17, 15) is 0 Å². The molecule has 1 heterocycles. The van der Waals surface area contributed by atoms with E-state index in [0.717, 1.165) is 24.3 Å². The Balaban J connectivity index is 1.91. The summed E-state index contributed by atoms with van der Waals surface area (Å²) < 4.78 is 7.30. The lowest BCUT2D eigenvalue weighted by molar-refractivity contribution is 0.317. The molecule has 0 aliphatic carbocycles. The molecule has 0 saturated carbocycles. The minimum atomic E-state index is 0.710. The topological polar surface area (TPSA) is 52.0 Å². The lowest BCUT2D eigenvalue weighted by atomic mass is 10.2. The number of nitrogens with zero attached hydrogens (tertiary/aromatic N) is 3. The number of hydrogen-bond donors (Lipinski definition) is 1. The van der Waals surface area contributed by atoms with Gasteiger partial charge in [-0.3, -0.25) is 0 Å². The van der Waals surface area contributed by atoms with E-state index < -0.39 is 0 Å². The van der Waals surface area contributed by atoms with Crippen molar-refractivity contribution in [1.82, 2.24) is 14.9 Å². The molecule has 5 heteroatoms. The second-order valence-electron chi connectivity index (χ2n) is 3.70. The van der Waals surface area contributed by atoms with Gasteiger partial charge in [0.15, 0.2) is 0 Å². The fraction of sp³-hybridized carbons (Fsp3) is 0.333. The summed E-state index contributed by atoms with van der Waals surface area (Å²) in [4.78, 5) is 0. The zero-order valence-electron chi connectivity index (χ0n) is 9.84. The van der Waals surface area contributed by atoms with Crippen LogP contribution in [-0.2, 0) is 6.54 Å². The van der Waals surface area contributed by atoms with Crippen molar-refractivity contribution in [1.29, 1.82) is 0 Å². The van der Waals surface area contributed by atoms with Crippen molar-refractivity contribution in [3.8, 4) is 5.75 Å². The van der Waals surface area contributed by atoms with E-state index in [2.05, 4.69) is 28.6 Å². The van der Waals surface area contributed by atoms with Crippen LogP contribution >= 0.6 is 0 Å². The Morgan fingerprint density at radius 1 is 1.29 bits per heavy atom. The van der Waals surface area contributed by atoms with Crippen molar-refractivity contribution in [3.63, 3.8) is 0 Å². The van der Waals surface area contributed by atoms with Crippen LogP contribution in [-0.4, -0.2) is 21.5 Å². The summed E-state index contributed by atoms with van der Waals surface area (Å²) in [5.74, 6) is 0.912. The van der Waals surface area contributed by atoms with E-state index in [1.807, 2.05) is 18.2 Å². The first-order valence-electron chi connectivity index (χ1n) is 5.68. The van der Waals surface area contributed by atoms with E-state index in [-0.39, 0.29) is 0 Å². The summed E-state index contributed by atoms with van der Waals surface area (Å²) in [5, 5.41) is 7.44. The molecule has 0 saturated heterocycles. The minimum absolute atomic E-state index is 0.710. The molecule has 0 aliphatic heterocycles. The van der Waals surface area contributed by atoms with Gasteiger partial charge in [-0.25, -0.2) is 4.68 Å². The molecule has 0 spiro atoms. The molecule has 90 valence electrons. The molecular formula is C12H16N4O. The van der Waals surface area contributed by atoms with Crippen LogP contribution in [0.5, 0.6) is 5.75 Å². The highest BCUT2D eigenvalue weighted by Crippen LogP contribution is 2.13. The molecule has 1 N–H and O–H groups in total. The highest BCUT2D eigenvalue weighted by atomic mass is 16.5. The van der Waals surface area contributed by atoms with Crippen LogP contribution in [0.15, 0.2) is 36.9 Å². The van der Waals surface area contributed by atoms with Crippen LogP contribution in [0.1, 0.15) is 18.9 Å². The van der Waals surface area contributed by atoms with Crippen molar-refractivity contribution in [2.24, 2.45) is 0 Å². The first-order chi connectivity index (χ1) is 8.38. The summed E-state index contributed by atoms with van der Waals surface area (Å²) >= 11 is 0.